The standard InChI is InChI=1S/C15H28N4O3.HI/c1-5-16-15(17-7-6-8-21-10-9-20-4)18-11-14-19-12(2)13(3)22-14;/h5-11H2,1-4H3,(H2,16,17,18);1H. The summed E-state index contributed by atoms with van der Waals surface area (Å²) >= 11 is 0. The van der Waals surface area contributed by atoms with Crippen molar-refractivity contribution in [3.8, 4) is 0 Å². The number of aliphatic imine (C=N–C) groups is 1. The van der Waals surface area contributed by atoms with Gasteiger partial charge in [-0.05, 0) is 27.2 Å². The molecule has 0 saturated heterocycles. The molecule has 134 valence electrons. The first-order chi connectivity index (χ1) is 10.7. The van der Waals surface area contributed by atoms with Crippen LogP contribution in [-0.4, -0.2) is 51.0 Å². The molecule has 0 aromatic carbocycles. The van der Waals surface area contributed by atoms with Crippen LogP contribution in [0, 0.1) is 13.8 Å². The fraction of sp³-hybridized carbons (Fsp3) is 0.733. The number of halogens is 1. The molecule has 0 unspecified atom stereocenters. The van der Waals surface area contributed by atoms with Gasteiger partial charge in [0.1, 0.15) is 12.3 Å². The summed E-state index contributed by atoms with van der Waals surface area (Å²) in [5, 5.41) is 6.46. The molecule has 1 aromatic heterocycles. The first kappa shape index (κ1) is 22.1. The van der Waals surface area contributed by atoms with E-state index in [4.69, 9.17) is 13.9 Å². The monoisotopic (exact) mass is 440 g/mol. The summed E-state index contributed by atoms with van der Waals surface area (Å²) in [4.78, 5) is 8.78. The molecule has 0 bridgehead atoms. The average Bonchev–Trinajstić information content (AvgIpc) is 2.82. The van der Waals surface area contributed by atoms with Gasteiger partial charge in [-0.1, -0.05) is 0 Å². The smallest absolute Gasteiger partial charge is 0.216 e. The molecule has 1 rings (SSSR count). The van der Waals surface area contributed by atoms with Crippen molar-refractivity contribution in [3.63, 3.8) is 0 Å². The third-order valence-electron chi connectivity index (χ3n) is 2.98. The largest absolute Gasteiger partial charge is 0.444 e. The van der Waals surface area contributed by atoms with Crippen LogP contribution in [0.3, 0.4) is 0 Å². The molecule has 2 N–H and O–H groups in total. The van der Waals surface area contributed by atoms with Gasteiger partial charge in [0.15, 0.2) is 5.96 Å². The van der Waals surface area contributed by atoms with Gasteiger partial charge in [-0.15, -0.1) is 24.0 Å². The third-order valence-corrected chi connectivity index (χ3v) is 2.98. The number of aromatic nitrogens is 1. The van der Waals surface area contributed by atoms with Crippen molar-refractivity contribution in [2.75, 3.05) is 40.0 Å². The number of methoxy groups -OCH3 is 1. The molecule has 0 amide bonds. The Hall–Kier alpha value is -0.870. The van der Waals surface area contributed by atoms with Gasteiger partial charge in [-0.3, -0.25) is 0 Å². The molecule has 0 aliphatic rings. The van der Waals surface area contributed by atoms with E-state index in [1.807, 2.05) is 20.8 Å². The number of guanidine groups is 1. The molecule has 7 nitrogen and oxygen atoms in total. The molecule has 0 fully saturated rings. The lowest BCUT2D eigenvalue weighted by atomic mass is 10.4. The molecule has 1 heterocycles. The van der Waals surface area contributed by atoms with Crippen molar-refractivity contribution in [1.82, 2.24) is 15.6 Å². The first-order valence-corrected chi connectivity index (χ1v) is 7.69. The van der Waals surface area contributed by atoms with Crippen LogP contribution in [0.25, 0.3) is 0 Å². The Morgan fingerprint density at radius 3 is 2.61 bits per heavy atom. The molecule has 0 spiro atoms. The molecule has 8 heteroatoms. The van der Waals surface area contributed by atoms with E-state index >= 15 is 0 Å². The van der Waals surface area contributed by atoms with E-state index < -0.39 is 0 Å². The maximum atomic E-state index is 5.52. The highest BCUT2D eigenvalue weighted by atomic mass is 127. The van der Waals surface area contributed by atoms with Crippen molar-refractivity contribution in [2.45, 2.75) is 33.7 Å². The number of ether oxygens (including phenoxy) is 2. The van der Waals surface area contributed by atoms with E-state index in [1.54, 1.807) is 7.11 Å². The van der Waals surface area contributed by atoms with Gasteiger partial charge in [-0.2, -0.15) is 0 Å². The number of nitrogens with zero attached hydrogens (tertiary/aromatic N) is 2. The van der Waals surface area contributed by atoms with Crippen molar-refractivity contribution in [2.24, 2.45) is 4.99 Å². The third kappa shape index (κ3) is 9.77. The second-order valence-electron chi connectivity index (χ2n) is 4.83. The topological polar surface area (TPSA) is 80.9 Å². The van der Waals surface area contributed by atoms with Gasteiger partial charge in [0.05, 0.1) is 18.9 Å². The van der Waals surface area contributed by atoms with Gasteiger partial charge < -0.3 is 24.5 Å². The Kier molecular flexibility index (Phi) is 13.0. The first-order valence-electron chi connectivity index (χ1n) is 7.69. The van der Waals surface area contributed by atoms with Crippen molar-refractivity contribution >= 4 is 29.9 Å². The summed E-state index contributed by atoms with van der Waals surface area (Å²) in [6, 6.07) is 0. The molecule has 23 heavy (non-hydrogen) atoms. The van der Waals surface area contributed by atoms with Gasteiger partial charge in [0, 0.05) is 26.8 Å². The van der Waals surface area contributed by atoms with E-state index in [9.17, 15) is 0 Å². The Morgan fingerprint density at radius 2 is 2.00 bits per heavy atom. The van der Waals surface area contributed by atoms with E-state index in [2.05, 4.69) is 20.6 Å². The molecule has 0 aliphatic heterocycles. The molecular weight excluding hydrogens is 411 g/mol. The second kappa shape index (κ2) is 13.6. The highest BCUT2D eigenvalue weighted by Gasteiger charge is 2.05. The highest BCUT2D eigenvalue weighted by molar-refractivity contribution is 14.0. The summed E-state index contributed by atoms with van der Waals surface area (Å²) < 4.78 is 15.8. The van der Waals surface area contributed by atoms with Gasteiger partial charge in [0.25, 0.3) is 0 Å². The normalized spacial score (nSPS) is 11.2. The van der Waals surface area contributed by atoms with Crippen LogP contribution in [0.2, 0.25) is 0 Å². The SMILES string of the molecule is CCNC(=NCc1nc(C)c(C)o1)NCCCOCCOC.I. The Balaban J connectivity index is 0.00000484. The van der Waals surface area contributed by atoms with Crippen molar-refractivity contribution in [1.29, 1.82) is 0 Å². The number of aryl methyl sites for hydroxylation is 2. The van der Waals surface area contributed by atoms with Gasteiger partial charge in [0.2, 0.25) is 5.89 Å². The number of oxazole rings is 1. The van der Waals surface area contributed by atoms with Crippen molar-refractivity contribution in [3.05, 3.63) is 17.3 Å². The van der Waals surface area contributed by atoms with Crippen LogP contribution in [0.4, 0.5) is 0 Å². The molecule has 0 atom stereocenters. The molecule has 0 saturated carbocycles. The molecule has 0 radical (unpaired) electrons. The summed E-state index contributed by atoms with van der Waals surface area (Å²) in [5.74, 6) is 2.24. The lowest BCUT2D eigenvalue weighted by Crippen LogP contribution is -2.38. The van der Waals surface area contributed by atoms with Crippen LogP contribution in [0.15, 0.2) is 9.41 Å². The quantitative estimate of drug-likeness (QED) is 0.251. The van der Waals surface area contributed by atoms with Crippen LogP contribution in [0.5, 0.6) is 0 Å². The molecular formula is C15H29IN4O3. The van der Waals surface area contributed by atoms with Crippen LogP contribution in [0.1, 0.15) is 30.7 Å². The Labute approximate surface area is 155 Å². The van der Waals surface area contributed by atoms with Crippen molar-refractivity contribution < 1.29 is 13.9 Å². The van der Waals surface area contributed by atoms with E-state index in [1.165, 1.54) is 0 Å². The van der Waals surface area contributed by atoms with E-state index in [0.717, 1.165) is 36.9 Å². The summed E-state index contributed by atoms with van der Waals surface area (Å²) in [6.45, 7) is 9.86. The predicted octanol–water partition coefficient (Wildman–Crippen LogP) is 2.02. The summed E-state index contributed by atoms with van der Waals surface area (Å²) in [5.41, 5.74) is 0.913. The predicted molar refractivity (Wildman–Crippen MR) is 102 cm³/mol. The lowest BCUT2D eigenvalue weighted by Gasteiger charge is -2.10. The minimum absolute atomic E-state index is 0. The number of hydrogen-bond acceptors (Lipinski definition) is 5. The van der Waals surface area contributed by atoms with Crippen LogP contribution < -0.4 is 10.6 Å². The second-order valence-corrected chi connectivity index (χ2v) is 4.83. The zero-order valence-corrected chi connectivity index (χ0v) is 16.8. The minimum Gasteiger partial charge on any atom is -0.444 e. The van der Waals surface area contributed by atoms with Gasteiger partial charge in [-0.25, -0.2) is 9.98 Å². The Bertz CT molecular complexity index is 432. The van der Waals surface area contributed by atoms with Crippen LogP contribution in [-0.2, 0) is 16.0 Å². The number of hydrogen-bond donors (Lipinski definition) is 2. The number of nitrogens with one attached hydrogen (secondary N) is 2. The summed E-state index contributed by atoms with van der Waals surface area (Å²) in [7, 11) is 1.67. The van der Waals surface area contributed by atoms with Crippen LogP contribution >= 0.6 is 24.0 Å². The highest BCUT2D eigenvalue weighted by Crippen LogP contribution is 2.08. The maximum absolute atomic E-state index is 5.52. The summed E-state index contributed by atoms with van der Waals surface area (Å²) in [6.07, 6.45) is 0.908. The number of rotatable bonds is 10. The van der Waals surface area contributed by atoms with Gasteiger partial charge >= 0.3 is 0 Å². The lowest BCUT2D eigenvalue weighted by molar-refractivity contribution is 0.0698. The Morgan fingerprint density at radius 1 is 1.22 bits per heavy atom. The fourth-order valence-corrected chi connectivity index (χ4v) is 1.72. The zero-order chi connectivity index (χ0) is 16.2. The minimum atomic E-state index is 0. The molecule has 1 aromatic rings. The van der Waals surface area contributed by atoms with E-state index in [-0.39, 0.29) is 24.0 Å². The maximum Gasteiger partial charge on any atom is 0.216 e. The zero-order valence-electron chi connectivity index (χ0n) is 14.5. The fourth-order valence-electron chi connectivity index (χ4n) is 1.72. The molecule has 0 aliphatic carbocycles. The van der Waals surface area contributed by atoms with E-state index in [0.29, 0.717) is 32.3 Å². The average molecular weight is 440 g/mol.